The molecule has 0 unspecified atom stereocenters. The van der Waals surface area contributed by atoms with E-state index in [1.165, 1.54) is 17.1 Å². The smallest absolute Gasteiger partial charge is 0.151 e. The summed E-state index contributed by atoms with van der Waals surface area (Å²) in [5.41, 5.74) is 6.64. The molecule has 2 aromatic heterocycles. The maximum absolute atomic E-state index is 13.8. The highest BCUT2D eigenvalue weighted by Gasteiger charge is 2.38. The van der Waals surface area contributed by atoms with Crippen molar-refractivity contribution < 1.29 is 14.6 Å². The van der Waals surface area contributed by atoms with Gasteiger partial charge in [-0.25, -0.2) is 14.4 Å². The highest BCUT2D eigenvalue weighted by Crippen LogP contribution is 2.36. The van der Waals surface area contributed by atoms with Crippen LogP contribution in [0.2, 0.25) is 0 Å². The zero-order valence-electron chi connectivity index (χ0n) is 9.53. The fourth-order valence-electron chi connectivity index (χ4n) is 2.25. The predicted octanol–water partition coefficient (Wildman–Crippen LogP) is 0.906. The van der Waals surface area contributed by atoms with Crippen molar-refractivity contribution in [2.45, 2.75) is 18.2 Å². The SMILES string of the molecule is Nc1ncc(Br)c2c1ncn2[C@@H]1C(F)=C[C@@H](O)[C@H]1O. The Labute approximate surface area is 115 Å². The summed E-state index contributed by atoms with van der Waals surface area (Å²) in [4.78, 5) is 8.01. The molecule has 0 saturated heterocycles. The van der Waals surface area contributed by atoms with Gasteiger partial charge in [-0.15, -0.1) is 0 Å². The molecule has 3 rings (SSSR count). The van der Waals surface area contributed by atoms with E-state index >= 15 is 0 Å². The van der Waals surface area contributed by atoms with Crippen LogP contribution in [0.5, 0.6) is 0 Å². The molecule has 100 valence electrons. The van der Waals surface area contributed by atoms with Gasteiger partial charge in [-0.3, -0.25) is 0 Å². The summed E-state index contributed by atoms with van der Waals surface area (Å²) in [6, 6.07) is -1.02. The van der Waals surface area contributed by atoms with Gasteiger partial charge in [0.2, 0.25) is 0 Å². The molecule has 0 amide bonds. The molecule has 19 heavy (non-hydrogen) atoms. The predicted molar refractivity (Wildman–Crippen MR) is 69.9 cm³/mol. The summed E-state index contributed by atoms with van der Waals surface area (Å²) in [5, 5.41) is 19.4. The zero-order valence-corrected chi connectivity index (χ0v) is 11.1. The highest BCUT2D eigenvalue weighted by molar-refractivity contribution is 9.10. The van der Waals surface area contributed by atoms with Crippen LogP contribution in [0.25, 0.3) is 11.0 Å². The van der Waals surface area contributed by atoms with Crippen LogP contribution in [0.1, 0.15) is 6.04 Å². The monoisotopic (exact) mass is 328 g/mol. The van der Waals surface area contributed by atoms with Crippen molar-refractivity contribution in [3.63, 3.8) is 0 Å². The van der Waals surface area contributed by atoms with Gasteiger partial charge in [-0.05, 0) is 22.0 Å². The Balaban J connectivity index is 2.22. The molecule has 4 N–H and O–H groups in total. The van der Waals surface area contributed by atoms with Crippen LogP contribution in [-0.2, 0) is 0 Å². The normalized spacial score (nSPS) is 26.9. The second-order valence-electron chi connectivity index (χ2n) is 4.32. The third kappa shape index (κ3) is 1.75. The number of halogens is 2. The minimum absolute atomic E-state index is 0.217. The molecule has 1 aliphatic carbocycles. The summed E-state index contributed by atoms with van der Waals surface area (Å²) in [6.07, 6.45) is 1.33. The summed E-state index contributed by atoms with van der Waals surface area (Å²) in [7, 11) is 0. The molecule has 0 fully saturated rings. The number of aromatic nitrogens is 3. The molecular formula is C11H10BrFN4O2. The van der Waals surface area contributed by atoms with E-state index in [1.54, 1.807) is 0 Å². The van der Waals surface area contributed by atoms with Crippen molar-refractivity contribution in [2.24, 2.45) is 0 Å². The lowest BCUT2D eigenvalue weighted by molar-refractivity contribution is 0.0339. The van der Waals surface area contributed by atoms with Gasteiger partial charge in [-0.1, -0.05) is 0 Å². The quantitative estimate of drug-likeness (QED) is 0.722. The number of aliphatic hydroxyl groups excluding tert-OH is 2. The number of hydrogen-bond acceptors (Lipinski definition) is 5. The fraction of sp³-hybridized carbons (Fsp3) is 0.273. The average Bonchev–Trinajstić information content (AvgIpc) is 2.88. The Bertz CT molecular complexity index is 687. The Morgan fingerprint density at radius 1 is 1.37 bits per heavy atom. The maximum Gasteiger partial charge on any atom is 0.151 e. The number of rotatable bonds is 1. The Morgan fingerprint density at radius 3 is 2.74 bits per heavy atom. The fourth-order valence-corrected chi connectivity index (χ4v) is 2.75. The van der Waals surface area contributed by atoms with E-state index in [1.807, 2.05) is 0 Å². The molecular weight excluding hydrogens is 319 g/mol. The molecule has 0 aromatic carbocycles. The van der Waals surface area contributed by atoms with Crippen molar-refractivity contribution in [1.82, 2.24) is 14.5 Å². The molecule has 1 aliphatic rings. The molecule has 0 spiro atoms. The lowest BCUT2D eigenvalue weighted by Crippen LogP contribution is -2.28. The van der Waals surface area contributed by atoms with Crippen LogP contribution in [0, 0.1) is 0 Å². The van der Waals surface area contributed by atoms with Gasteiger partial charge in [0, 0.05) is 6.20 Å². The van der Waals surface area contributed by atoms with Crippen molar-refractivity contribution >= 4 is 32.8 Å². The summed E-state index contributed by atoms with van der Waals surface area (Å²) >= 11 is 3.30. The third-order valence-electron chi connectivity index (χ3n) is 3.17. The molecule has 3 atom stereocenters. The molecule has 6 nitrogen and oxygen atoms in total. The van der Waals surface area contributed by atoms with E-state index in [9.17, 15) is 14.6 Å². The Morgan fingerprint density at radius 2 is 2.11 bits per heavy atom. The molecule has 8 heteroatoms. The number of nitrogen functional groups attached to an aromatic ring is 1. The summed E-state index contributed by atoms with van der Waals surface area (Å²) in [5.74, 6) is -0.393. The van der Waals surface area contributed by atoms with E-state index < -0.39 is 24.1 Å². The van der Waals surface area contributed by atoms with Crippen LogP contribution >= 0.6 is 15.9 Å². The molecule has 0 aliphatic heterocycles. The zero-order chi connectivity index (χ0) is 13.7. The number of nitrogens with zero attached hydrogens (tertiary/aromatic N) is 3. The van der Waals surface area contributed by atoms with E-state index in [-0.39, 0.29) is 5.82 Å². The number of fused-ring (bicyclic) bond motifs is 1. The van der Waals surface area contributed by atoms with Gasteiger partial charge in [0.1, 0.15) is 29.6 Å². The van der Waals surface area contributed by atoms with Crippen molar-refractivity contribution in [1.29, 1.82) is 0 Å². The van der Waals surface area contributed by atoms with E-state index in [4.69, 9.17) is 5.73 Å². The minimum Gasteiger partial charge on any atom is -0.387 e. The first kappa shape index (κ1) is 12.5. The summed E-state index contributed by atoms with van der Waals surface area (Å²) in [6.45, 7) is 0. The minimum atomic E-state index is -1.27. The van der Waals surface area contributed by atoms with Gasteiger partial charge >= 0.3 is 0 Å². The Hall–Kier alpha value is -1.51. The third-order valence-corrected chi connectivity index (χ3v) is 3.75. The largest absolute Gasteiger partial charge is 0.387 e. The second kappa shape index (κ2) is 4.26. The lowest BCUT2D eigenvalue weighted by Gasteiger charge is -2.19. The van der Waals surface area contributed by atoms with Crippen LogP contribution in [-0.4, -0.2) is 37.0 Å². The lowest BCUT2D eigenvalue weighted by atomic mass is 10.1. The molecule has 0 saturated carbocycles. The van der Waals surface area contributed by atoms with Gasteiger partial charge in [0.25, 0.3) is 0 Å². The van der Waals surface area contributed by atoms with Crippen molar-refractivity contribution in [3.05, 3.63) is 28.9 Å². The Kier molecular flexibility index (Phi) is 2.80. The first-order valence-corrected chi connectivity index (χ1v) is 6.30. The topological polar surface area (TPSA) is 97.2 Å². The van der Waals surface area contributed by atoms with E-state index in [2.05, 4.69) is 25.9 Å². The van der Waals surface area contributed by atoms with Gasteiger partial charge in [0.05, 0.1) is 16.3 Å². The maximum atomic E-state index is 13.8. The van der Waals surface area contributed by atoms with Crippen LogP contribution in [0.15, 0.2) is 28.9 Å². The number of hydrogen-bond donors (Lipinski definition) is 3. The number of anilines is 1. The standard InChI is InChI=1S/C11H10BrFN4O2/c12-4-2-15-11(14)7-8(4)17(3-16-7)9-5(13)1-6(18)10(9)19/h1-3,6,9-10,18-19H,(H2,14,15)/t6-,9-,10-/m1/s1. The van der Waals surface area contributed by atoms with Crippen LogP contribution in [0.4, 0.5) is 10.2 Å². The summed E-state index contributed by atoms with van der Waals surface area (Å²) < 4.78 is 15.9. The van der Waals surface area contributed by atoms with Gasteiger partial charge < -0.3 is 20.5 Å². The number of nitrogens with two attached hydrogens (primary N) is 1. The van der Waals surface area contributed by atoms with Crippen LogP contribution in [0.3, 0.4) is 0 Å². The first-order chi connectivity index (χ1) is 9.00. The molecule has 2 heterocycles. The van der Waals surface area contributed by atoms with Crippen LogP contribution < -0.4 is 5.73 Å². The number of pyridine rings is 1. The van der Waals surface area contributed by atoms with Gasteiger partial charge in [0.15, 0.2) is 5.82 Å². The number of aliphatic hydroxyl groups is 2. The van der Waals surface area contributed by atoms with Crippen molar-refractivity contribution in [3.8, 4) is 0 Å². The molecule has 0 radical (unpaired) electrons. The highest BCUT2D eigenvalue weighted by atomic mass is 79.9. The first-order valence-electron chi connectivity index (χ1n) is 5.50. The number of imidazole rings is 1. The van der Waals surface area contributed by atoms with Gasteiger partial charge in [-0.2, -0.15) is 0 Å². The van der Waals surface area contributed by atoms with E-state index in [0.717, 1.165) is 6.08 Å². The molecule has 2 aromatic rings. The van der Waals surface area contributed by atoms with E-state index in [0.29, 0.717) is 15.5 Å². The second-order valence-corrected chi connectivity index (χ2v) is 5.17. The molecule has 0 bridgehead atoms. The van der Waals surface area contributed by atoms with Crippen molar-refractivity contribution in [2.75, 3.05) is 5.73 Å². The average molecular weight is 329 g/mol.